The lowest BCUT2D eigenvalue weighted by molar-refractivity contribution is 0.191. The summed E-state index contributed by atoms with van der Waals surface area (Å²) in [5, 5.41) is 19.3. The van der Waals surface area contributed by atoms with Gasteiger partial charge in [-0.05, 0) is 23.8 Å². The number of rotatable bonds is 10. The van der Waals surface area contributed by atoms with Crippen LogP contribution in [0, 0.1) is 16.9 Å². The van der Waals surface area contributed by atoms with Crippen LogP contribution >= 0.6 is 0 Å². The van der Waals surface area contributed by atoms with Crippen LogP contribution in [-0.2, 0) is 6.54 Å². The van der Waals surface area contributed by atoms with Crippen LogP contribution in [0.5, 0.6) is 5.75 Å². The molecule has 1 saturated heterocycles. The lowest BCUT2D eigenvalue weighted by Gasteiger charge is -2.26. The molecule has 11 heteroatoms. The molecule has 2 aromatic heterocycles. The van der Waals surface area contributed by atoms with Gasteiger partial charge < -0.3 is 15.4 Å². The third-order valence-electron chi connectivity index (χ3n) is 6.31. The van der Waals surface area contributed by atoms with Crippen molar-refractivity contribution >= 4 is 11.6 Å². The van der Waals surface area contributed by atoms with Crippen LogP contribution in [0.25, 0.3) is 22.6 Å². The van der Waals surface area contributed by atoms with Crippen LogP contribution < -0.4 is 15.4 Å². The van der Waals surface area contributed by atoms with Gasteiger partial charge in [-0.1, -0.05) is 30.3 Å². The monoisotopic (exact) mass is 520 g/mol. The van der Waals surface area contributed by atoms with Gasteiger partial charge >= 0.3 is 0 Å². The van der Waals surface area contributed by atoms with E-state index in [1.54, 1.807) is 36.8 Å². The Morgan fingerprint density at radius 1 is 1.03 bits per heavy atom. The number of nitrogens with one attached hydrogen (secondary N) is 3. The molecular formula is C28H28N10O. The first-order valence-electron chi connectivity index (χ1n) is 12.7. The molecule has 1 aliphatic heterocycles. The zero-order valence-electron chi connectivity index (χ0n) is 21.3. The summed E-state index contributed by atoms with van der Waals surface area (Å²) < 4.78 is 5.84. The van der Waals surface area contributed by atoms with Crippen molar-refractivity contribution in [3.63, 3.8) is 0 Å². The highest BCUT2D eigenvalue weighted by Crippen LogP contribution is 2.26. The van der Waals surface area contributed by atoms with Gasteiger partial charge in [0.05, 0.1) is 35.9 Å². The summed E-state index contributed by atoms with van der Waals surface area (Å²) in [6, 6.07) is 17.1. The summed E-state index contributed by atoms with van der Waals surface area (Å²) in [6.45, 7) is 6.03. The van der Waals surface area contributed by atoms with Gasteiger partial charge in [-0.2, -0.15) is 5.26 Å². The molecule has 1 fully saturated rings. The summed E-state index contributed by atoms with van der Waals surface area (Å²) in [6.07, 6.45) is 4.95. The van der Waals surface area contributed by atoms with Gasteiger partial charge in [0.1, 0.15) is 6.61 Å². The molecule has 3 heterocycles. The highest BCUT2D eigenvalue weighted by Gasteiger charge is 2.11. The molecule has 196 valence electrons. The van der Waals surface area contributed by atoms with E-state index in [1.807, 2.05) is 30.3 Å². The molecule has 2 aromatic carbocycles. The van der Waals surface area contributed by atoms with Crippen molar-refractivity contribution in [2.24, 2.45) is 5.11 Å². The number of hydrogen-bond acceptors (Lipinski definition) is 11. The Kier molecular flexibility index (Phi) is 8.38. The van der Waals surface area contributed by atoms with Crippen molar-refractivity contribution in [3.05, 3.63) is 78.2 Å². The van der Waals surface area contributed by atoms with E-state index in [2.05, 4.69) is 46.7 Å². The second-order valence-corrected chi connectivity index (χ2v) is 8.97. The van der Waals surface area contributed by atoms with Gasteiger partial charge in [-0.3, -0.25) is 4.90 Å². The fourth-order valence-electron chi connectivity index (χ4n) is 4.24. The topological polar surface area (TPSA) is 148 Å². The first-order chi connectivity index (χ1) is 19.2. The molecule has 0 unspecified atom stereocenters. The molecule has 0 saturated carbocycles. The van der Waals surface area contributed by atoms with Gasteiger partial charge in [0.25, 0.3) is 0 Å². The maximum atomic E-state index is 9.20. The summed E-state index contributed by atoms with van der Waals surface area (Å²) in [4.78, 5) is 20.2. The highest BCUT2D eigenvalue weighted by atomic mass is 16.5. The molecule has 3 N–H and O–H groups in total. The molecule has 11 nitrogen and oxygen atoms in total. The first-order valence-corrected chi connectivity index (χ1v) is 12.7. The Morgan fingerprint density at radius 3 is 2.62 bits per heavy atom. The average molecular weight is 521 g/mol. The predicted octanol–water partition coefficient (Wildman–Crippen LogP) is 4.03. The summed E-state index contributed by atoms with van der Waals surface area (Å²) in [5.41, 5.74) is 11.2. The zero-order chi connectivity index (χ0) is 26.9. The Bertz CT molecular complexity index is 1460. The average Bonchev–Trinajstić information content (AvgIpc) is 3.01. The maximum Gasteiger partial charge on any atom is 0.216 e. The number of nitrogens with zero attached hydrogens (tertiary/aromatic N) is 7. The van der Waals surface area contributed by atoms with E-state index in [0.717, 1.165) is 49.4 Å². The number of benzene rings is 2. The Labute approximate surface area is 226 Å². The lowest BCUT2D eigenvalue weighted by Crippen LogP contribution is -2.44. The van der Waals surface area contributed by atoms with Crippen molar-refractivity contribution in [2.75, 3.05) is 44.6 Å². The zero-order valence-corrected chi connectivity index (χ0v) is 21.3. The van der Waals surface area contributed by atoms with Gasteiger partial charge in [-0.15, -0.1) is 5.11 Å². The largest absolute Gasteiger partial charge is 0.489 e. The van der Waals surface area contributed by atoms with Crippen molar-refractivity contribution in [3.8, 4) is 34.5 Å². The summed E-state index contributed by atoms with van der Waals surface area (Å²) >= 11 is 0. The fourth-order valence-corrected chi connectivity index (χ4v) is 4.24. The Hall–Kier alpha value is -4.79. The van der Waals surface area contributed by atoms with Crippen molar-refractivity contribution in [1.82, 2.24) is 30.2 Å². The molecule has 0 spiro atoms. The Morgan fingerprint density at radius 2 is 1.82 bits per heavy atom. The molecule has 0 amide bonds. The van der Waals surface area contributed by atoms with Crippen LogP contribution in [0.1, 0.15) is 11.1 Å². The predicted molar refractivity (Wildman–Crippen MR) is 147 cm³/mol. The molecule has 0 radical (unpaired) electrons. The number of ether oxygens (including phenoxy) is 1. The van der Waals surface area contributed by atoms with Crippen LogP contribution in [0.2, 0.25) is 0 Å². The lowest BCUT2D eigenvalue weighted by atomic mass is 10.1. The van der Waals surface area contributed by atoms with Crippen LogP contribution in [-0.4, -0.2) is 64.2 Å². The van der Waals surface area contributed by atoms with Crippen molar-refractivity contribution in [2.45, 2.75) is 6.54 Å². The van der Waals surface area contributed by atoms with E-state index in [1.165, 1.54) is 0 Å². The molecule has 0 aliphatic carbocycles. The van der Waals surface area contributed by atoms with E-state index in [-0.39, 0.29) is 5.82 Å². The smallest absolute Gasteiger partial charge is 0.216 e. The standard InChI is InChI=1S/C28H28N10O/c29-15-20-3-1-5-22(13-20)25-19-35-28(37-30)27(36-25)32-16-21-4-2-6-23(14-21)26-33-17-24(18-34-26)39-12-11-38-9-7-31-8-10-38/h1-6,13-14,17-19,30-31H,7-12,16H2,(H,32,36). The van der Waals surface area contributed by atoms with Crippen LogP contribution in [0.15, 0.2) is 72.2 Å². The third kappa shape index (κ3) is 6.75. The fraction of sp³-hybridized carbons (Fsp3) is 0.250. The van der Waals surface area contributed by atoms with E-state index in [4.69, 9.17) is 10.3 Å². The van der Waals surface area contributed by atoms with E-state index in [9.17, 15) is 5.26 Å². The molecule has 39 heavy (non-hydrogen) atoms. The molecular weight excluding hydrogens is 492 g/mol. The minimum absolute atomic E-state index is 0.183. The van der Waals surface area contributed by atoms with Crippen LogP contribution in [0.4, 0.5) is 11.6 Å². The number of aromatic nitrogens is 4. The van der Waals surface area contributed by atoms with Crippen molar-refractivity contribution in [1.29, 1.82) is 10.8 Å². The van der Waals surface area contributed by atoms with Gasteiger partial charge in [-0.25, -0.2) is 25.5 Å². The van der Waals surface area contributed by atoms with E-state index < -0.39 is 0 Å². The third-order valence-corrected chi connectivity index (χ3v) is 6.31. The minimum Gasteiger partial charge on any atom is -0.489 e. The number of nitriles is 1. The highest BCUT2D eigenvalue weighted by molar-refractivity contribution is 5.66. The van der Waals surface area contributed by atoms with Gasteiger partial charge in [0.15, 0.2) is 17.4 Å². The van der Waals surface area contributed by atoms with Crippen molar-refractivity contribution < 1.29 is 4.74 Å². The second-order valence-electron chi connectivity index (χ2n) is 8.97. The normalized spacial score (nSPS) is 13.4. The molecule has 4 aromatic rings. The molecule has 0 bridgehead atoms. The molecule has 5 rings (SSSR count). The summed E-state index contributed by atoms with van der Waals surface area (Å²) in [7, 11) is 0. The number of piperazine rings is 1. The molecule has 1 aliphatic rings. The summed E-state index contributed by atoms with van der Waals surface area (Å²) in [5.74, 6) is 1.82. The molecule has 0 atom stereocenters. The Balaban J connectivity index is 1.23. The first kappa shape index (κ1) is 25.8. The maximum absolute atomic E-state index is 9.20. The van der Waals surface area contributed by atoms with Gasteiger partial charge in [0, 0.05) is 50.4 Å². The van der Waals surface area contributed by atoms with E-state index in [0.29, 0.717) is 41.8 Å². The van der Waals surface area contributed by atoms with E-state index >= 15 is 0 Å². The number of hydrogen-bond donors (Lipinski definition) is 3. The quantitative estimate of drug-likeness (QED) is 0.264. The number of anilines is 1. The van der Waals surface area contributed by atoms with Crippen LogP contribution in [0.3, 0.4) is 0 Å². The SMILES string of the molecule is N#Cc1cccc(-c2cnc(N=N)c(NCc3cccc(-c4ncc(OCCN5CCNCC5)cn4)c3)n2)c1. The second kappa shape index (κ2) is 12.6. The van der Waals surface area contributed by atoms with Gasteiger partial charge in [0.2, 0.25) is 5.82 Å². The minimum atomic E-state index is 0.183.